The standard InChI is InChI=1S/C33H32F2N4O5/c1-6-44-32(41)33(2,3)20-11-13-21(14-12-20)36-30-28-25(37-29(38-30)27-23(34)8-7-9-24(27)35)18-39(31(28)40)17-19-10-15-22(42-4)16-26(19)43-5/h7-16,18,40H,6,17H2,1-5H3,(H,36,37,38). The Labute approximate surface area is 253 Å². The Hall–Kier alpha value is -5.19. The highest BCUT2D eigenvalue weighted by Crippen LogP contribution is 2.37. The van der Waals surface area contributed by atoms with Crippen molar-refractivity contribution in [2.45, 2.75) is 32.7 Å². The summed E-state index contributed by atoms with van der Waals surface area (Å²) in [6.45, 7) is 5.76. The molecule has 228 valence electrons. The zero-order valence-corrected chi connectivity index (χ0v) is 24.9. The Bertz CT molecular complexity index is 1820. The van der Waals surface area contributed by atoms with Crippen molar-refractivity contribution in [3.05, 3.63) is 89.6 Å². The van der Waals surface area contributed by atoms with Crippen molar-refractivity contribution in [3.8, 4) is 28.8 Å². The van der Waals surface area contributed by atoms with Crippen LogP contribution in [0.2, 0.25) is 0 Å². The SMILES string of the molecule is CCOC(=O)C(C)(C)c1ccc(Nc2nc(-c3c(F)cccc3F)nc3cn(Cc4ccc(OC)cc4OC)c(O)c23)cc1. The van der Waals surface area contributed by atoms with E-state index in [0.29, 0.717) is 17.2 Å². The number of benzene rings is 3. The topological polar surface area (TPSA) is 108 Å². The molecule has 0 aliphatic heterocycles. The number of carbonyl (C=O) groups excluding carboxylic acids is 1. The number of rotatable bonds is 10. The molecule has 0 unspecified atom stereocenters. The molecule has 5 rings (SSSR count). The first-order valence-electron chi connectivity index (χ1n) is 13.9. The van der Waals surface area contributed by atoms with E-state index >= 15 is 0 Å². The van der Waals surface area contributed by atoms with Crippen LogP contribution in [0.15, 0.2) is 66.9 Å². The summed E-state index contributed by atoms with van der Waals surface area (Å²) < 4.78 is 47.2. The number of fused-ring (bicyclic) bond motifs is 1. The van der Waals surface area contributed by atoms with Crippen LogP contribution < -0.4 is 14.8 Å². The van der Waals surface area contributed by atoms with Gasteiger partial charge in [-0.05, 0) is 62.7 Å². The lowest BCUT2D eigenvalue weighted by Crippen LogP contribution is -2.31. The van der Waals surface area contributed by atoms with Crippen LogP contribution in [0, 0.1) is 11.6 Å². The van der Waals surface area contributed by atoms with Crippen LogP contribution >= 0.6 is 0 Å². The number of halogens is 2. The number of hydrogen-bond donors (Lipinski definition) is 2. The van der Waals surface area contributed by atoms with Gasteiger partial charge in [0, 0.05) is 23.5 Å². The van der Waals surface area contributed by atoms with Crippen molar-refractivity contribution >= 4 is 28.4 Å². The van der Waals surface area contributed by atoms with Crippen molar-refractivity contribution in [2.75, 3.05) is 26.1 Å². The van der Waals surface area contributed by atoms with E-state index in [1.165, 1.54) is 13.2 Å². The number of carbonyl (C=O) groups is 1. The van der Waals surface area contributed by atoms with Crippen molar-refractivity contribution in [2.24, 2.45) is 0 Å². The van der Waals surface area contributed by atoms with Gasteiger partial charge >= 0.3 is 5.97 Å². The summed E-state index contributed by atoms with van der Waals surface area (Å²) in [5.41, 5.74) is 0.998. The van der Waals surface area contributed by atoms with Crippen molar-refractivity contribution in [1.29, 1.82) is 0 Å². The average molecular weight is 603 g/mol. The molecular formula is C33H32F2N4O5. The predicted octanol–water partition coefficient (Wildman–Crippen LogP) is 6.73. The van der Waals surface area contributed by atoms with Crippen LogP contribution in [0.1, 0.15) is 31.9 Å². The smallest absolute Gasteiger partial charge is 0.315 e. The molecule has 0 radical (unpaired) electrons. The maximum atomic E-state index is 14.8. The van der Waals surface area contributed by atoms with Gasteiger partial charge in [0.2, 0.25) is 5.88 Å². The third-order valence-corrected chi connectivity index (χ3v) is 7.39. The fourth-order valence-corrected chi connectivity index (χ4v) is 4.88. The van der Waals surface area contributed by atoms with Crippen molar-refractivity contribution < 1.29 is 32.9 Å². The monoisotopic (exact) mass is 602 g/mol. The van der Waals surface area contributed by atoms with E-state index in [0.717, 1.165) is 23.3 Å². The summed E-state index contributed by atoms with van der Waals surface area (Å²) >= 11 is 0. The molecule has 0 aliphatic rings. The number of nitrogens with one attached hydrogen (secondary N) is 1. The molecule has 0 aliphatic carbocycles. The van der Waals surface area contributed by atoms with Gasteiger partial charge in [-0.25, -0.2) is 18.7 Å². The normalized spacial score (nSPS) is 11.4. The van der Waals surface area contributed by atoms with Gasteiger partial charge in [0.25, 0.3) is 0 Å². The third kappa shape index (κ3) is 5.72. The molecule has 0 bridgehead atoms. The minimum Gasteiger partial charge on any atom is -0.497 e. The molecule has 0 fully saturated rings. The van der Waals surface area contributed by atoms with Crippen LogP contribution in [0.3, 0.4) is 0 Å². The van der Waals surface area contributed by atoms with Gasteiger partial charge in [0.15, 0.2) is 5.82 Å². The summed E-state index contributed by atoms with van der Waals surface area (Å²) in [6, 6.07) is 15.9. The number of nitrogens with zero attached hydrogens (tertiary/aromatic N) is 3. The largest absolute Gasteiger partial charge is 0.497 e. The summed E-state index contributed by atoms with van der Waals surface area (Å²) in [5, 5.41) is 14.8. The summed E-state index contributed by atoms with van der Waals surface area (Å²) in [7, 11) is 3.09. The number of hydrogen-bond acceptors (Lipinski definition) is 8. The molecule has 0 amide bonds. The first-order valence-corrected chi connectivity index (χ1v) is 13.9. The van der Waals surface area contributed by atoms with Gasteiger partial charge in [-0.15, -0.1) is 0 Å². The Balaban J connectivity index is 1.60. The molecule has 2 heterocycles. The highest BCUT2D eigenvalue weighted by Gasteiger charge is 2.31. The lowest BCUT2D eigenvalue weighted by atomic mass is 9.84. The number of esters is 1. The van der Waals surface area contributed by atoms with Crippen LogP contribution in [-0.2, 0) is 21.5 Å². The third-order valence-electron chi connectivity index (χ3n) is 7.39. The van der Waals surface area contributed by atoms with Gasteiger partial charge in [0.05, 0.1) is 43.9 Å². The van der Waals surface area contributed by atoms with Gasteiger partial charge in [0.1, 0.15) is 34.3 Å². The zero-order chi connectivity index (χ0) is 31.6. The fraction of sp³-hybridized carbons (Fsp3) is 0.242. The van der Waals surface area contributed by atoms with Crippen LogP contribution in [0.4, 0.5) is 20.3 Å². The maximum absolute atomic E-state index is 14.8. The van der Waals surface area contributed by atoms with Gasteiger partial charge in [-0.2, -0.15) is 0 Å². The number of aromatic nitrogens is 3. The second-order valence-electron chi connectivity index (χ2n) is 10.6. The van der Waals surface area contributed by atoms with E-state index in [1.807, 2.05) is 6.07 Å². The fourth-order valence-electron chi connectivity index (χ4n) is 4.88. The Morgan fingerprint density at radius 3 is 2.34 bits per heavy atom. The predicted molar refractivity (Wildman–Crippen MR) is 163 cm³/mol. The van der Waals surface area contributed by atoms with E-state index in [2.05, 4.69) is 15.3 Å². The first kappa shape index (κ1) is 30.3. The summed E-state index contributed by atoms with van der Waals surface area (Å²) in [6.07, 6.45) is 1.58. The number of anilines is 2. The van der Waals surface area contributed by atoms with Crippen LogP contribution in [0.5, 0.6) is 17.4 Å². The Kier molecular flexibility index (Phi) is 8.39. The molecule has 44 heavy (non-hydrogen) atoms. The Morgan fingerprint density at radius 1 is 1.00 bits per heavy atom. The molecule has 0 atom stereocenters. The number of methoxy groups -OCH3 is 2. The van der Waals surface area contributed by atoms with Crippen LogP contribution in [-0.4, -0.2) is 46.4 Å². The van der Waals surface area contributed by atoms with E-state index in [4.69, 9.17) is 14.2 Å². The molecule has 0 saturated carbocycles. The quantitative estimate of drug-likeness (QED) is 0.170. The average Bonchev–Trinajstić information content (AvgIpc) is 3.32. The number of ether oxygens (including phenoxy) is 3. The lowest BCUT2D eigenvalue weighted by molar-refractivity contribution is -0.148. The molecule has 11 heteroatoms. The highest BCUT2D eigenvalue weighted by atomic mass is 19.1. The second-order valence-corrected chi connectivity index (χ2v) is 10.6. The van der Waals surface area contributed by atoms with Crippen molar-refractivity contribution in [1.82, 2.24) is 14.5 Å². The maximum Gasteiger partial charge on any atom is 0.315 e. The molecule has 2 aromatic heterocycles. The highest BCUT2D eigenvalue weighted by molar-refractivity contribution is 5.97. The van der Waals surface area contributed by atoms with E-state index in [1.54, 1.807) is 75.0 Å². The van der Waals surface area contributed by atoms with Gasteiger partial charge in [-0.1, -0.05) is 18.2 Å². The molecule has 3 aromatic carbocycles. The van der Waals surface area contributed by atoms with Crippen molar-refractivity contribution in [3.63, 3.8) is 0 Å². The second kappa shape index (κ2) is 12.2. The van der Waals surface area contributed by atoms with Gasteiger partial charge in [-0.3, -0.25) is 4.79 Å². The molecule has 0 spiro atoms. The van der Waals surface area contributed by atoms with Gasteiger partial charge < -0.3 is 29.2 Å². The first-order chi connectivity index (χ1) is 21.1. The van der Waals surface area contributed by atoms with E-state index < -0.39 is 22.6 Å². The molecule has 5 aromatic rings. The molecule has 0 saturated heterocycles. The zero-order valence-electron chi connectivity index (χ0n) is 24.9. The summed E-state index contributed by atoms with van der Waals surface area (Å²) in [5.74, 6) is -1.09. The molecular weight excluding hydrogens is 570 g/mol. The van der Waals surface area contributed by atoms with Crippen LogP contribution in [0.25, 0.3) is 22.3 Å². The minimum atomic E-state index is -0.885. The molecule has 9 nitrogen and oxygen atoms in total. The minimum absolute atomic E-state index is 0.128. The summed E-state index contributed by atoms with van der Waals surface area (Å²) in [4.78, 5) is 21.4. The molecule has 2 N–H and O–H groups in total. The lowest BCUT2D eigenvalue weighted by Gasteiger charge is -2.23. The Morgan fingerprint density at radius 2 is 1.70 bits per heavy atom. The van der Waals surface area contributed by atoms with E-state index in [9.17, 15) is 18.7 Å². The van der Waals surface area contributed by atoms with E-state index in [-0.39, 0.29) is 47.5 Å². The number of aromatic hydroxyl groups is 1.